The lowest BCUT2D eigenvalue weighted by atomic mass is 9.91. The van der Waals surface area contributed by atoms with E-state index in [2.05, 4.69) is 4.98 Å². The van der Waals surface area contributed by atoms with Crippen LogP contribution in [-0.4, -0.2) is 51.8 Å². The van der Waals surface area contributed by atoms with Crippen LogP contribution in [0, 0.1) is 5.82 Å². The van der Waals surface area contributed by atoms with Crippen molar-refractivity contribution in [3.05, 3.63) is 29.8 Å². The van der Waals surface area contributed by atoms with E-state index < -0.39 is 0 Å². The van der Waals surface area contributed by atoms with Gasteiger partial charge in [0.1, 0.15) is 11.9 Å². The first-order valence-electron chi connectivity index (χ1n) is 8.84. The van der Waals surface area contributed by atoms with Crippen molar-refractivity contribution in [1.82, 2.24) is 14.8 Å². The first-order valence-corrected chi connectivity index (χ1v) is 8.84. The quantitative estimate of drug-likeness (QED) is 0.834. The Hall–Kier alpha value is -1.98. The summed E-state index contributed by atoms with van der Waals surface area (Å²) in [6, 6.07) is 1.29. The molecule has 0 radical (unpaired) electrons. The number of nitrogens with zero attached hydrogens (tertiary/aromatic N) is 3. The van der Waals surface area contributed by atoms with Crippen molar-refractivity contribution in [3.63, 3.8) is 0 Å². The van der Waals surface area contributed by atoms with E-state index in [0.29, 0.717) is 25.1 Å². The third-order valence-electron chi connectivity index (χ3n) is 5.68. The summed E-state index contributed by atoms with van der Waals surface area (Å²) in [6.45, 7) is 1.04. The number of pyridine rings is 1. The van der Waals surface area contributed by atoms with Gasteiger partial charge >= 0.3 is 0 Å². The van der Waals surface area contributed by atoms with Gasteiger partial charge in [-0.05, 0) is 31.7 Å². The summed E-state index contributed by atoms with van der Waals surface area (Å²) in [6.07, 6.45) is 8.24. The molecule has 3 aliphatic heterocycles. The molecule has 2 amide bonds. The minimum absolute atomic E-state index is 0.0136. The topological polar surface area (TPSA) is 53.5 Å². The number of carbonyl (C=O) groups excluding carboxylic acids is 2. The fourth-order valence-corrected chi connectivity index (χ4v) is 4.33. The minimum Gasteiger partial charge on any atom is -0.340 e. The van der Waals surface area contributed by atoms with E-state index in [1.165, 1.54) is 12.3 Å². The molecule has 3 fully saturated rings. The molecular formula is C18H22FN3O2. The lowest BCUT2D eigenvalue weighted by Crippen LogP contribution is -2.56. The Labute approximate surface area is 140 Å². The van der Waals surface area contributed by atoms with Crippen LogP contribution in [-0.2, 0) is 9.59 Å². The first kappa shape index (κ1) is 15.5. The van der Waals surface area contributed by atoms with E-state index in [1.807, 2.05) is 4.90 Å². The highest BCUT2D eigenvalue weighted by atomic mass is 19.1. The van der Waals surface area contributed by atoms with Gasteiger partial charge in [0.25, 0.3) is 0 Å². The van der Waals surface area contributed by atoms with Gasteiger partial charge in [0.05, 0.1) is 0 Å². The predicted molar refractivity (Wildman–Crippen MR) is 85.6 cm³/mol. The van der Waals surface area contributed by atoms with Gasteiger partial charge in [-0.2, -0.15) is 0 Å². The van der Waals surface area contributed by atoms with Crippen LogP contribution < -0.4 is 0 Å². The van der Waals surface area contributed by atoms with Gasteiger partial charge in [0.2, 0.25) is 11.8 Å². The molecule has 24 heavy (non-hydrogen) atoms. The van der Waals surface area contributed by atoms with Gasteiger partial charge < -0.3 is 9.80 Å². The summed E-state index contributed by atoms with van der Waals surface area (Å²) >= 11 is 0. The van der Waals surface area contributed by atoms with Gasteiger partial charge in [-0.1, -0.05) is 6.42 Å². The van der Waals surface area contributed by atoms with Crippen molar-refractivity contribution in [1.29, 1.82) is 0 Å². The summed E-state index contributed by atoms with van der Waals surface area (Å²) in [4.78, 5) is 32.8. The lowest BCUT2D eigenvalue weighted by molar-refractivity contribution is -0.148. The van der Waals surface area contributed by atoms with Crippen molar-refractivity contribution in [2.45, 2.75) is 56.5 Å². The maximum absolute atomic E-state index is 13.8. The van der Waals surface area contributed by atoms with Crippen LogP contribution in [0.25, 0.3) is 0 Å². The van der Waals surface area contributed by atoms with Crippen LogP contribution >= 0.6 is 0 Å². The zero-order valence-corrected chi connectivity index (χ0v) is 13.7. The molecule has 3 saturated heterocycles. The Bertz CT molecular complexity index is 659. The Morgan fingerprint density at radius 3 is 2.83 bits per heavy atom. The summed E-state index contributed by atoms with van der Waals surface area (Å²) < 4.78 is 13.8. The molecular weight excluding hydrogens is 309 g/mol. The zero-order valence-electron chi connectivity index (χ0n) is 13.7. The second kappa shape index (κ2) is 6.15. The minimum atomic E-state index is -0.305. The Balaban J connectivity index is 1.42. The fourth-order valence-electron chi connectivity index (χ4n) is 4.33. The Kier molecular flexibility index (Phi) is 3.98. The summed E-state index contributed by atoms with van der Waals surface area (Å²) in [5.74, 6) is -0.0811. The lowest BCUT2D eigenvalue weighted by Gasteiger charge is -2.42. The highest BCUT2D eigenvalue weighted by Crippen LogP contribution is 2.35. The number of carbonyl (C=O) groups is 2. The number of likely N-dealkylation sites (tertiary alicyclic amines) is 1. The van der Waals surface area contributed by atoms with Gasteiger partial charge in [-0.25, -0.2) is 4.39 Å². The van der Waals surface area contributed by atoms with E-state index >= 15 is 0 Å². The van der Waals surface area contributed by atoms with Crippen LogP contribution in [0.2, 0.25) is 0 Å². The number of aromatic nitrogens is 1. The molecule has 1 aromatic rings. The number of hydrogen-bond donors (Lipinski definition) is 0. The second-order valence-corrected chi connectivity index (χ2v) is 7.13. The summed E-state index contributed by atoms with van der Waals surface area (Å²) in [5, 5.41) is 0. The van der Waals surface area contributed by atoms with Crippen LogP contribution in [0.5, 0.6) is 0 Å². The third kappa shape index (κ3) is 2.58. The molecule has 5 nitrogen and oxygen atoms in total. The molecule has 0 aromatic carbocycles. The third-order valence-corrected chi connectivity index (χ3v) is 5.68. The maximum Gasteiger partial charge on any atom is 0.245 e. The first-order chi connectivity index (χ1) is 11.6. The molecule has 0 spiro atoms. The van der Waals surface area contributed by atoms with Crippen molar-refractivity contribution in [2.75, 3.05) is 13.1 Å². The summed E-state index contributed by atoms with van der Waals surface area (Å²) in [7, 11) is 0. The standard InChI is InChI=1S/C18H22FN3O2/c19-15-7-8-20-9-14(15)12-10-21(11-12)18(24)16-6-5-13-3-1-2-4-17(23)22(13)16/h7-9,12-13,16H,1-6,10-11H2/t13-,16-/m0/s1. The van der Waals surface area contributed by atoms with E-state index in [4.69, 9.17) is 0 Å². The van der Waals surface area contributed by atoms with Crippen LogP contribution in [0.3, 0.4) is 0 Å². The van der Waals surface area contributed by atoms with Crippen LogP contribution in [0.1, 0.15) is 50.0 Å². The van der Waals surface area contributed by atoms with Gasteiger partial charge in [0.15, 0.2) is 0 Å². The predicted octanol–water partition coefficient (Wildman–Crippen LogP) is 2.08. The fraction of sp³-hybridized carbons (Fsp3) is 0.611. The van der Waals surface area contributed by atoms with Gasteiger partial charge in [-0.15, -0.1) is 0 Å². The molecule has 128 valence electrons. The smallest absolute Gasteiger partial charge is 0.245 e. The van der Waals surface area contributed by atoms with Gasteiger partial charge in [0, 0.05) is 49.4 Å². The second-order valence-electron chi connectivity index (χ2n) is 7.13. The van der Waals surface area contributed by atoms with Crippen molar-refractivity contribution in [3.8, 4) is 0 Å². The number of rotatable bonds is 2. The van der Waals surface area contributed by atoms with E-state index in [9.17, 15) is 14.0 Å². The Morgan fingerprint density at radius 2 is 2.04 bits per heavy atom. The van der Waals surface area contributed by atoms with Crippen LogP contribution in [0.15, 0.2) is 18.5 Å². The molecule has 0 saturated carbocycles. The number of hydrogen-bond acceptors (Lipinski definition) is 3. The van der Waals surface area contributed by atoms with Crippen molar-refractivity contribution in [2.24, 2.45) is 0 Å². The van der Waals surface area contributed by atoms with E-state index in [0.717, 1.165) is 32.1 Å². The average Bonchev–Trinajstić information content (AvgIpc) is 2.87. The number of fused-ring (bicyclic) bond motifs is 1. The number of halogens is 1. The summed E-state index contributed by atoms with van der Waals surface area (Å²) in [5.41, 5.74) is 0.580. The molecule has 6 heteroatoms. The van der Waals surface area contributed by atoms with E-state index in [-0.39, 0.29) is 35.6 Å². The zero-order chi connectivity index (χ0) is 16.7. The molecule has 0 unspecified atom stereocenters. The molecule has 0 aliphatic carbocycles. The SMILES string of the molecule is O=C([C@@H]1CC[C@@H]2CCCCC(=O)N21)N1CC(c2cnccc2F)C1. The largest absolute Gasteiger partial charge is 0.340 e. The molecule has 4 heterocycles. The maximum atomic E-state index is 13.8. The Morgan fingerprint density at radius 1 is 1.21 bits per heavy atom. The van der Waals surface area contributed by atoms with Gasteiger partial charge in [-0.3, -0.25) is 14.6 Å². The highest BCUT2D eigenvalue weighted by molar-refractivity contribution is 5.89. The average molecular weight is 331 g/mol. The van der Waals surface area contributed by atoms with Crippen LogP contribution in [0.4, 0.5) is 4.39 Å². The molecule has 0 bridgehead atoms. The van der Waals surface area contributed by atoms with Crippen molar-refractivity contribution >= 4 is 11.8 Å². The molecule has 1 aromatic heterocycles. The normalized spacial score (nSPS) is 27.6. The molecule has 2 atom stereocenters. The number of amides is 2. The molecule has 0 N–H and O–H groups in total. The van der Waals surface area contributed by atoms with Crippen molar-refractivity contribution < 1.29 is 14.0 Å². The monoisotopic (exact) mass is 331 g/mol. The van der Waals surface area contributed by atoms with E-state index in [1.54, 1.807) is 11.1 Å². The highest BCUT2D eigenvalue weighted by Gasteiger charge is 2.45. The molecule has 4 rings (SSSR count). The molecule has 3 aliphatic rings.